The zero-order valence-corrected chi connectivity index (χ0v) is 14.1. The number of aliphatic hydroxyl groups is 1. The van der Waals surface area contributed by atoms with Crippen molar-refractivity contribution >= 4 is 0 Å². The van der Waals surface area contributed by atoms with E-state index >= 15 is 0 Å². The highest BCUT2D eigenvalue weighted by atomic mass is 16.3. The van der Waals surface area contributed by atoms with Crippen molar-refractivity contribution in [3.8, 4) is 0 Å². The molecule has 124 valence electrons. The molecular weight excluding hydrogens is 298 g/mol. The average molecular weight is 321 g/mol. The van der Waals surface area contributed by atoms with Crippen LogP contribution in [0.15, 0.2) is 73.1 Å². The van der Waals surface area contributed by atoms with E-state index in [2.05, 4.69) is 34.7 Å². The Bertz CT molecular complexity index is 726. The zero-order valence-electron chi connectivity index (χ0n) is 14.1. The van der Waals surface area contributed by atoms with Gasteiger partial charge in [0.1, 0.15) is 5.60 Å². The van der Waals surface area contributed by atoms with Crippen molar-refractivity contribution < 1.29 is 5.11 Å². The predicted octanol–water partition coefficient (Wildman–Crippen LogP) is 3.01. The number of nitrogens with zero attached hydrogens (tertiary/aromatic N) is 2. The first-order valence-electron chi connectivity index (χ1n) is 8.11. The fraction of sp³-hybridized carbons (Fsp3) is 0.250. The van der Waals surface area contributed by atoms with Crippen LogP contribution in [0.2, 0.25) is 0 Å². The van der Waals surface area contributed by atoms with Gasteiger partial charge < -0.3 is 10.4 Å². The van der Waals surface area contributed by atoms with E-state index in [4.69, 9.17) is 0 Å². The summed E-state index contributed by atoms with van der Waals surface area (Å²) >= 11 is 0. The fourth-order valence-electron chi connectivity index (χ4n) is 2.82. The van der Waals surface area contributed by atoms with Crippen molar-refractivity contribution in [2.24, 2.45) is 7.05 Å². The first-order chi connectivity index (χ1) is 11.6. The summed E-state index contributed by atoms with van der Waals surface area (Å²) in [5.41, 5.74) is 2.16. The molecule has 2 aromatic carbocycles. The lowest BCUT2D eigenvalue weighted by Crippen LogP contribution is -2.37. The normalized spacial score (nSPS) is 13.8. The van der Waals surface area contributed by atoms with Gasteiger partial charge in [0.15, 0.2) is 0 Å². The Hall–Kier alpha value is -2.43. The van der Waals surface area contributed by atoms with Crippen LogP contribution < -0.4 is 5.32 Å². The lowest BCUT2D eigenvalue weighted by molar-refractivity contribution is 0.0550. The van der Waals surface area contributed by atoms with Crippen LogP contribution in [-0.4, -0.2) is 21.4 Å². The van der Waals surface area contributed by atoms with Gasteiger partial charge in [-0.1, -0.05) is 60.7 Å². The van der Waals surface area contributed by atoms with E-state index in [1.807, 2.05) is 56.6 Å². The molecule has 0 radical (unpaired) electrons. The van der Waals surface area contributed by atoms with Crippen molar-refractivity contribution in [1.82, 2.24) is 15.1 Å². The zero-order chi connectivity index (χ0) is 17.0. The maximum atomic E-state index is 10.8. The van der Waals surface area contributed by atoms with Crippen molar-refractivity contribution in [3.05, 3.63) is 89.7 Å². The molecule has 3 aromatic rings. The molecule has 2 N–H and O–H groups in total. The van der Waals surface area contributed by atoms with Crippen LogP contribution >= 0.6 is 0 Å². The Morgan fingerprint density at radius 1 is 1.04 bits per heavy atom. The third-order valence-electron chi connectivity index (χ3n) is 4.24. The molecule has 0 aliphatic heterocycles. The van der Waals surface area contributed by atoms with E-state index in [0.29, 0.717) is 6.54 Å². The molecule has 0 aliphatic rings. The molecule has 4 heteroatoms. The summed E-state index contributed by atoms with van der Waals surface area (Å²) in [6, 6.07) is 20.6. The minimum atomic E-state index is -0.990. The number of hydrogen-bond donors (Lipinski definition) is 2. The molecule has 1 unspecified atom stereocenters. The fourth-order valence-corrected chi connectivity index (χ4v) is 2.82. The van der Waals surface area contributed by atoms with Crippen LogP contribution in [0.1, 0.15) is 29.7 Å². The molecule has 1 aromatic heterocycles. The Morgan fingerprint density at radius 3 is 2.04 bits per heavy atom. The molecule has 1 heterocycles. The number of benzene rings is 2. The maximum Gasteiger partial charge on any atom is 0.102 e. The third kappa shape index (κ3) is 3.72. The van der Waals surface area contributed by atoms with Crippen LogP contribution in [0.25, 0.3) is 0 Å². The topological polar surface area (TPSA) is 50.1 Å². The van der Waals surface area contributed by atoms with Crippen molar-refractivity contribution in [2.75, 3.05) is 6.54 Å². The van der Waals surface area contributed by atoms with E-state index in [0.717, 1.165) is 5.56 Å². The number of aryl methyl sites for hydroxylation is 1. The summed E-state index contributed by atoms with van der Waals surface area (Å²) in [7, 11) is 1.85. The van der Waals surface area contributed by atoms with Crippen LogP contribution in [0.4, 0.5) is 0 Å². The minimum absolute atomic E-state index is 0.0237. The lowest BCUT2D eigenvalue weighted by Gasteiger charge is -2.27. The summed E-state index contributed by atoms with van der Waals surface area (Å²) in [6.07, 6.45) is 3.56. The lowest BCUT2D eigenvalue weighted by atomic mass is 9.95. The van der Waals surface area contributed by atoms with Crippen LogP contribution in [0, 0.1) is 0 Å². The molecule has 0 bridgehead atoms. The van der Waals surface area contributed by atoms with Gasteiger partial charge in [-0.05, 0) is 18.1 Å². The first kappa shape index (κ1) is 16.4. The van der Waals surface area contributed by atoms with Gasteiger partial charge in [-0.25, -0.2) is 0 Å². The number of rotatable bonds is 6. The second-order valence-corrected chi connectivity index (χ2v) is 6.31. The first-order valence-corrected chi connectivity index (χ1v) is 8.11. The standard InChI is InChI=1S/C20H23N3O/c1-20(24,18-13-22-23(2)14-18)15-21-19(16-9-5-3-6-10-16)17-11-7-4-8-12-17/h3-14,19,21,24H,15H2,1-2H3. The molecule has 0 spiro atoms. The van der Waals surface area contributed by atoms with E-state index < -0.39 is 5.60 Å². The SMILES string of the molecule is Cn1cc(C(C)(O)CNC(c2ccccc2)c2ccccc2)cn1. The number of nitrogens with one attached hydrogen (secondary N) is 1. The second-order valence-electron chi connectivity index (χ2n) is 6.31. The Morgan fingerprint density at radius 2 is 1.58 bits per heavy atom. The molecule has 3 rings (SSSR count). The monoisotopic (exact) mass is 321 g/mol. The number of hydrogen-bond acceptors (Lipinski definition) is 3. The Balaban J connectivity index is 1.82. The molecule has 1 atom stereocenters. The van der Waals surface area contributed by atoms with Gasteiger partial charge in [0.05, 0.1) is 12.2 Å². The molecule has 24 heavy (non-hydrogen) atoms. The predicted molar refractivity (Wildman–Crippen MR) is 95.5 cm³/mol. The van der Waals surface area contributed by atoms with Crippen molar-refractivity contribution in [2.45, 2.75) is 18.6 Å². The maximum absolute atomic E-state index is 10.8. The summed E-state index contributed by atoms with van der Waals surface area (Å²) < 4.78 is 1.70. The highest BCUT2D eigenvalue weighted by Gasteiger charge is 2.26. The Kier molecular flexibility index (Phi) is 4.79. The van der Waals surface area contributed by atoms with Crippen LogP contribution in [-0.2, 0) is 12.6 Å². The van der Waals surface area contributed by atoms with Gasteiger partial charge in [-0.3, -0.25) is 4.68 Å². The van der Waals surface area contributed by atoms with Crippen molar-refractivity contribution in [3.63, 3.8) is 0 Å². The summed E-state index contributed by atoms with van der Waals surface area (Å²) in [6.45, 7) is 2.23. The third-order valence-corrected chi connectivity index (χ3v) is 4.24. The summed E-state index contributed by atoms with van der Waals surface area (Å²) in [5.74, 6) is 0. The molecule has 0 aliphatic carbocycles. The molecule has 0 saturated heterocycles. The van der Waals surface area contributed by atoms with Crippen molar-refractivity contribution in [1.29, 1.82) is 0 Å². The van der Waals surface area contributed by atoms with Gasteiger partial charge >= 0.3 is 0 Å². The Labute approximate surface area is 142 Å². The van der Waals surface area contributed by atoms with E-state index in [-0.39, 0.29) is 6.04 Å². The molecular formula is C20H23N3O. The second kappa shape index (κ2) is 6.99. The largest absolute Gasteiger partial charge is 0.384 e. The highest BCUT2D eigenvalue weighted by molar-refractivity contribution is 5.31. The van der Waals surface area contributed by atoms with Gasteiger partial charge in [-0.2, -0.15) is 5.10 Å². The van der Waals surface area contributed by atoms with Crippen LogP contribution in [0.5, 0.6) is 0 Å². The summed E-state index contributed by atoms with van der Waals surface area (Å²) in [4.78, 5) is 0. The van der Waals surface area contributed by atoms with E-state index in [1.54, 1.807) is 10.9 Å². The number of aromatic nitrogens is 2. The quantitative estimate of drug-likeness (QED) is 0.734. The molecule has 0 fully saturated rings. The van der Waals surface area contributed by atoms with Gasteiger partial charge in [-0.15, -0.1) is 0 Å². The molecule has 4 nitrogen and oxygen atoms in total. The van der Waals surface area contributed by atoms with E-state index in [9.17, 15) is 5.11 Å². The summed E-state index contributed by atoms with van der Waals surface area (Å²) in [5, 5.41) is 18.5. The average Bonchev–Trinajstić information content (AvgIpc) is 3.04. The van der Waals surface area contributed by atoms with Gasteiger partial charge in [0.25, 0.3) is 0 Å². The molecule has 0 amide bonds. The molecule has 0 saturated carbocycles. The van der Waals surface area contributed by atoms with Crippen LogP contribution in [0.3, 0.4) is 0 Å². The van der Waals surface area contributed by atoms with Gasteiger partial charge in [0.2, 0.25) is 0 Å². The van der Waals surface area contributed by atoms with E-state index in [1.165, 1.54) is 11.1 Å². The minimum Gasteiger partial charge on any atom is -0.384 e. The van der Waals surface area contributed by atoms with Gasteiger partial charge in [0, 0.05) is 25.4 Å². The highest BCUT2D eigenvalue weighted by Crippen LogP contribution is 2.25. The smallest absolute Gasteiger partial charge is 0.102 e.